The Labute approximate surface area is 161 Å². The van der Waals surface area contributed by atoms with Crippen LogP contribution < -0.4 is 10.2 Å². The summed E-state index contributed by atoms with van der Waals surface area (Å²) in [6.07, 6.45) is 1.64. The Bertz CT molecular complexity index is 792. The summed E-state index contributed by atoms with van der Waals surface area (Å²) in [5, 5.41) is 13.2. The first-order valence-corrected chi connectivity index (χ1v) is 9.41. The number of thioether (sulfide) groups is 1. The van der Waals surface area contributed by atoms with Crippen molar-refractivity contribution in [1.82, 2.24) is 4.98 Å². The third-order valence-corrected chi connectivity index (χ3v) is 5.19. The number of morpholine rings is 1. The second kappa shape index (κ2) is 8.83. The number of aromatic nitrogens is 1. The van der Waals surface area contributed by atoms with Crippen molar-refractivity contribution >= 4 is 34.9 Å². The van der Waals surface area contributed by atoms with Crippen molar-refractivity contribution in [3.05, 3.63) is 52.7 Å². The maximum atomic E-state index is 12.4. The number of ether oxygens (including phenoxy) is 1. The SMILES string of the molecule is CC(Sc1ccc([N+](=O)[O-])cc1)C(=O)Nc1ccc(N2CCOCC2)nc1. The van der Waals surface area contributed by atoms with Crippen LogP contribution in [0.2, 0.25) is 0 Å². The lowest BCUT2D eigenvalue weighted by Crippen LogP contribution is -2.36. The molecule has 1 saturated heterocycles. The number of non-ortho nitro benzene ring substituents is 1. The Morgan fingerprint density at radius 2 is 1.96 bits per heavy atom. The van der Waals surface area contributed by atoms with Gasteiger partial charge < -0.3 is 15.0 Å². The van der Waals surface area contributed by atoms with Crippen LogP contribution in [-0.2, 0) is 9.53 Å². The smallest absolute Gasteiger partial charge is 0.269 e. The number of anilines is 2. The van der Waals surface area contributed by atoms with Gasteiger partial charge in [0.05, 0.1) is 35.3 Å². The number of nitro groups is 1. The van der Waals surface area contributed by atoms with Crippen molar-refractivity contribution in [1.29, 1.82) is 0 Å². The minimum atomic E-state index is -0.446. The molecule has 1 amide bonds. The van der Waals surface area contributed by atoms with Gasteiger partial charge in [0.1, 0.15) is 5.82 Å². The van der Waals surface area contributed by atoms with Gasteiger partial charge in [-0.05, 0) is 31.2 Å². The normalized spacial score (nSPS) is 15.2. The quantitative estimate of drug-likeness (QED) is 0.461. The molecule has 9 heteroatoms. The molecule has 2 heterocycles. The first-order valence-electron chi connectivity index (χ1n) is 8.53. The predicted molar refractivity (Wildman–Crippen MR) is 104 cm³/mol. The minimum Gasteiger partial charge on any atom is -0.378 e. The Kier molecular flexibility index (Phi) is 6.25. The van der Waals surface area contributed by atoms with Gasteiger partial charge in [-0.15, -0.1) is 11.8 Å². The molecule has 1 unspecified atom stereocenters. The zero-order valence-electron chi connectivity index (χ0n) is 14.8. The van der Waals surface area contributed by atoms with Gasteiger partial charge in [0.25, 0.3) is 5.69 Å². The van der Waals surface area contributed by atoms with Gasteiger partial charge in [-0.1, -0.05) is 0 Å². The molecular formula is C18H20N4O4S. The number of hydrogen-bond donors (Lipinski definition) is 1. The molecular weight excluding hydrogens is 368 g/mol. The van der Waals surface area contributed by atoms with E-state index in [-0.39, 0.29) is 16.8 Å². The number of nitrogens with zero attached hydrogens (tertiary/aromatic N) is 3. The van der Waals surface area contributed by atoms with E-state index in [1.807, 2.05) is 12.1 Å². The molecule has 1 aromatic heterocycles. The zero-order valence-corrected chi connectivity index (χ0v) is 15.6. The third kappa shape index (κ3) is 5.18. The summed E-state index contributed by atoms with van der Waals surface area (Å²) in [5.41, 5.74) is 0.663. The van der Waals surface area contributed by atoms with Crippen molar-refractivity contribution in [2.75, 3.05) is 36.5 Å². The summed E-state index contributed by atoms with van der Waals surface area (Å²) in [6.45, 7) is 4.79. The van der Waals surface area contributed by atoms with Gasteiger partial charge in [0.15, 0.2) is 0 Å². The van der Waals surface area contributed by atoms with E-state index in [4.69, 9.17) is 4.74 Å². The lowest BCUT2D eigenvalue weighted by atomic mass is 10.3. The molecule has 0 radical (unpaired) electrons. The van der Waals surface area contributed by atoms with Gasteiger partial charge in [-0.3, -0.25) is 14.9 Å². The number of pyridine rings is 1. The minimum absolute atomic E-state index is 0.0305. The number of amides is 1. The van der Waals surface area contributed by atoms with Gasteiger partial charge in [0, 0.05) is 30.1 Å². The average molecular weight is 388 g/mol. The number of benzene rings is 1. The fourth-order valence-corrected chi connectivity index (χ4v) is 3.45. The Morgan fingerprint density at radius 1 is 1.26 bits per heavy atom. The molecule has 1 aromatic carbocycles. The van der Waals surface area contributed by atoms with E-state index in [1.165, 1.54) is 23.9 Å². The average Bonchev–Trinajstić information content (AvgIpc) is 2.69. The number of rotatable bonds is 6. The highest BCUT2D eigenvalue weighted by Gasteiger charge is 2.16. The molecule has 1 aliphatic heterocycles. The second-order valence-corrected chi connectivity index (χ2v) is 7.42. The monoisotopic (exact) mass is 388 g/mol. The number of carbonyl (C=O) groups excluding carboxylic acids is 1. The molecule has 142 valence electrons. The number of carbonyl (C=O) groups is 1. The van der Waals surface area contributed by atoms with Crippen LogP contribution in [0.3, 0.4) is 0 Å². The molecule has 0 saturated carbocycles. The third-order valence-electron chi connectivity index (χ3n) is 4.08. The van der Waals surface area contributed by atoms with E-state index >= 15 is 0 Å². The van der Waals surface area contributed by atoms with Gasteiger partial charge in [0.2, 0.25) is 5.91 Å². The van der Waals surface area contributed by atoms with Crippen molar-refractivity contribution < 1.29 is 14.5 Å². The fourth-order valence-electron chi connectivity index (χ4n) is 2.59. The van der Waals surface area contributed by atoms with E-state index in [9.17, 15) is 14.9 Å². The largest absolute Gasteiger partial charge is 0.378 e. The summed E-state index contributed by atoms with van der Waals surface area (Å²) >= 11 is 1.34. The van der Waals surface area contributed by atoms with E-state index in [1.54, 1.807) is 25.3 Å². The van der Waals surface area contributed by atoms with E-state index in [0.29, 0.717) is 18.9 Å². The van der Waals surface area contributed by atoms with Crippen LogP contribution in [0.15, 0.2) is 47.5 Å². The molecule has 0 spiro atoms. The maximum absolute atomic E-state index is 12.4. The van der Waals surface area contributed by atoms with Crippen LogP contribution in [0.25, 0.3) is 0 Å². The van der Waals surface area contributed by atoms with E-state index in [0.717, 1.165) is 23.8 Å². The molecule has 8 nitrogen and oxygen atoms in total. The standard InChI is InChI=1S/C18H20N4O4S/c1-13(27-16-5-3-15(4-6-16)22(24)25)18(23)20-14-2-7-17(19-12-14)21-8-10-26-11-9-21/h2-7,12-13H,8-11H2,1H3,(H,20,23). The number of nitrogens with one attached hydrogen (secondary N) is 1. The number of hydrogen-bond acceptors (Lipinski definition) is 7. The lowest BCUT2D eigenvalue weighted by Gasteiger charge is -2.27. The van der Waals surface area contributed by atoms with Gasteiger partial charge >= 0.3 is 0 Å². The van der Waals surface area contributed by atoms with Crippen molar-refractivity contribution in [3.8, 4) is 0 Å². The summed E-state index contributed by atoms with van der Waals surface area (Å²) in [5.74, 6) is 0.712. The molecule has 27 heavy (non-hydrogen) atoms. The van der Waals surface area contributed by atoms with E-state index in [2.05, 4.69) is 15.2 Å². The van der Waals surface area contributed by atoms with E-state index < -0.39 is 4.92 Å². The maximum Gasteiger partial charge on any atom is 0.269 e. The molecule has 1 fully saturated rings. The molecule has 0 aliphatic carbocycles. The Hall–Kier alpha value is -2.65. The van der Waals surface area contributed by atoms with Crippen LogP contribution in [-0.4, -0.2) is 47.4 Å². The molecule has 2 aromatic rings. The van der Waals surface area contributed by atoms with Crippen LogP contribution in [0.5, 0.6) is 0 Å². The van der Waals surface area contributed by atoms with Crippen molar-refractivity contribution in [3.63, 3.8) is 0 Å². The lowest BCUT2D eigenvalue weighted by molar-refractivity contribution is -0.384. The summed E-state index contributed by atoms with van der Waals surface area (Å²) in [4.78, 5) is 30.0. The van der Waals surface area contributed by atoms with Crippen LogP contribution in [0.1, 0.15) is 6.92 Å². The molecule has 0 bridgehead atoms. The number of nitro benzene ring substituents is 1. The Morgan fingerprint density at radius 3 is 2.56 bits per heavy atom. The zero-order chi connectivity index (χ0) is 19.2. The topological polar surface area (TPSA) is 97.6 Å². The second-order valence-electron chi connectivity index (χ2n) is 6.00. The fraction of sp³-hybridized carbons (Fsp3) is 0.333. The summed E-state index contributed by atoms with van der Waals surface area (Å²) < 4.78 is 5.33. The molecule has 3 rings (SSSR count). The highest BCUT2D eigenvalue weighted by Crippen LogP contribution is 2.26. The highest BCUT2D eigenvalue weighted by atomic mass is 32.2. The van der Waals surface area contributed by atoms with Crippen molar-refractivity contribution in [2.45, 2.75) is 17.1 Å². The summed E-state index contributed by atoms with van der Waals surface area (Å²) in [6, 6.07) is 9.87. The van der Waals surface area contributed by atoms with Crippen LogP contribution in [0.4, 0.5) is 17.2 Å². The molecule has 1 atom stereocenters. The predicted octanol–water partition coefficient (Wildman–Crippen LogP) is 2.95. The Balaban J connectivity index is 1.55. The first-order chi connectivity index (χ1) is 13.0. The van der Waals surface area contributed by atoms with Gasteiger partial charge in [-0.2, -0.15) is 0 Å². The van der Waals surface area contributed by atoms with Crippen LogP contribution in [0, 0.1) is 10.1 Å². The first kappa shape index (κ1) is 19.1. The van der Waals surface area contributed by atoms with Crippen molar-refractivity contribution in [2.24, 2.45) is 0 Å². The molecule has 1 aliphatic rings. The highest BCUT2D eigenvalue weighted by molar-refractivity contribution is 8.00. The van der Waals surface area contributed by atoms with Crippen LogP contribution >= 0.6 is 11.8 Å². The van der Waals surface area contributed by atoms with Gasteiger partial charge in [-0.25, -0.2) is 4.98 Å². The molecule has 1 N–H and O–H groups in total. The summed E-state index contributed by atoms with van der Waals surface area (Å²) in [7, 11) is 0.